The zero-order valence-electron chi connectivity index (χ0n) is 15.0. The second-order valence-corrected chi connectivity index (χ2v) is 9.67. The number of carbonyl (C=O) groups excluding carboxylic acids is 1. The van der Waals surface area contributed by atoms with Gasteiger partial charge in [0.2, 0.25) is 0 Å². The van der Waals surface area contributed by atoms with Gasteiger partial charge >= 0.3 is 7.60 Å². The fourth-order valence-electron chi connectivity index (χ4n) is 1.98. The Balaban J connectivity index is 5.18. The molecule has 1 atom stereocenters. The third-order valence-corrected chi connectivity index (χ3v) is 5.78. The summed E-state index contributed by atoms with van der Waals surface area (Å²) in [5.74, 6) is 0.148. The second-order valence-electron chi connectivity index (χ2n) is 7.57. The van der Waals surface area contributed by atoms with Crippen molar-refractivity contribution in [3.63, 3.8) is 0 Å². The van der Waals surface area contributed by atoms with Crippen LogP contribution in [0.2, 0.25) is 0 Å². The molecule has 0 heterocycles. The molecule has 4 nitrogen and oxygen atoms in total. The van der Waals surface area contributed by atoms with E-state index in [2.05, 4.69) is 20.8 Å². The van der Waals surface area contributed by atoms with Crippen LogP contribution in [0.5, 0.6) is 0 Å². The summed E-state index contributed by atoms with van der Waals surface area (Å²) in [5, 5.41) is 0. The Bertz CT molecular complexity index is 367. The number of Topliss-reactive ketones (excluding diaryl/α,β-unsaturated/α-hetero) is 1. The Labute approximate surface area is 130 Å². The lowest BCUT2D eigenvalue weighted by Crippen LogP contribution is -2.31. The molecule has 5 heteroatoms. The summed E-state index contributed by atoms with van der Waals surface area (Å²) in [6, 6.07) is 0. The van der Waals surface area contributed by atoms with Crippen LogP contribution in [0.25, 0.3) is 0 Å². The molecule has 0 bridgehead atoms. The molecule has 0 spiro atoms. The highest BCUT2D eigenvalue weighted by Gasteiger charge is 2.37. The van der Waals surface area contributed by atoms with Crippen LogP contribution < -0.4 is 0 Å². The van der Waals surface area contributed by atoms with Crippen molar-refractivity contribution in [3.8, 4) is 0 Å². The Hall–Kier alpha value is -0.180. The summed E-state index contributed by atoms with van der Waals surface area (Å²) >= 11 is 0. The van der Waals surface area contributed by atoms with Gasteiger partial charge in [-0.3, -0.25) is 9.36 Å². The molecule has 0 rings (SSSR count). The van der Waals surface area contributed by atoms with Gasteiger partial charge in [0.05, 0.1) is 19.4 Å². The second kappa shape index (κ2) is 7.89. The van der Waals surface area contributed by atoms with Gasteiger partial charge in [0.1, 0.15) is 5.78 Å². The van der Waals surface area contributed by atoms with E-state index < -0.39 is 7.60 Å². The van der Waals surface area contributed by atoms with Gasteiger partial charge in [0.25, 0.3) is 0 Å². The third-order valence-electron chi connectivity index (χ3n) is 3.59. The molecule has 0 unspecified atom stereocenters. The smallest absolute Gasteiger partial charge is 0.309 e. The van der Waals surface area contributed by atoms with Crippen molar-refractivity contribution in [2.75, 3.05) is 19.4 Å². The molecule has 0 aliphatic heterocycles. The number of carbonyl (C=O) groups is 1. The van der Waals surface area contributed by atoms with Crippen LogP contribution >= 0.6 is 7.60 Å². The van der Waals surface area contributed by atoms with Crippen molar-refractivity contribution in [2.45, 2.75) is 61.8 Å². The van der Waals surface area contributed by atoms with Crippen molar-refractivity contribution in [1.29, 1.82) is 0 Å². The average Bonchev–Trinajstić information content (AvgIpc) is 2.25. The largest absolute Gasteiger partial charge is 0.330 e. The van der Waals surface area contributed by atoms with Crippen molar-refractivity contribution < 1.29 is 18.4 Å². The van der Waals surface area contributed by atoms with Gasteiger partial charge in [-0.25, -0.2) is 0 Å². The molecule has 126 valence electrons. The van der Waals surface area contributed by atoms with E-state index in [1.54, 1.807) is 13.8 Å². The fourth-order valence-corrected chi connectivity index (χ4v) is 4.27. The van der Waals surface area contributed by atoms with Crippen LogP contribution in [0, 0.1) is 16.7 Å². The normalized spacial score (nSPS) is 15.0. The summed E-state index contributed by atoms with van der Waals surface area (Å²) < 4.78 is 23.5. The Morgan fingerprint density at radius 2 is 1.43 bits per heavy atom. The lowest BCUT2D eigenvalue weighted by Gasteiger charge is -2.34. The predicted octanol–water partition coefficient (Wildman–Crippen LogP) is 4.92. The molecule has 0 saturated carbocycles. The number of ketones is 1. The van der Waals surface area contributed by atoms with Gasteiger partial charge in [-0.05, 0) is 25.2 Å². The number of hydrogen-bond acceptors (Lipinski definition) is 4. The van der Waals surface area contributed by atoms with Crippen LogP contribution in [0.3, 0.4) is 0 Å². The van der Waals surface area contributed by atoms with Crippen LogP contribution in [-0.4, -0.2) is 25.2 Å². The number of rotatable bonds is 8. The highest BCUT2D eigenvalue weighted by molar-refractivity contribution is 7.53. The molecule has 0 aromatic carbocycles. The molecule has 0 amide bonds. The third kappa shape index (κ3) is 7.58. The van der Waals surface area contributed by atoms with Gasteiger partial charge in [0, 0.05) is 11.8 Å². The fraction of sp³-hybridized carbons (Fsp3) is 0.938. The first-order chi connectivity index (χ1) is 9.35. The standard InChI is InChI=1S/C16H33O4P/c1-9-19-21(18,20-10-2)12-13(15(3,4)5)11-14(17)16(6,7)8/h13H,9-12H2,1-8H3/t13-/m1/s1. The molecule has 0 radical (unpaired) electrons. The lowest BCUT2D eigenvalue weighted by molar-refractivity contribution is -0.127. The Morgan fingerprint density at radius 3 is 1.71 bits per heavy atom. The first-order valence-corrected chi connectivity index (χ1v) is 9.50. The first kappa shape index (κ1) is 20.8. The van der Waals surface area contributed by atoms with Gasteiger partial charge in [-0.2, -0.15) is 0 Å². The minimum Gasteiger partial charge on any atom is -0.309 e. The van der Waals surface area contributed by atoms with Gasteiger partial charge in [-0.1, -0.05) is 41.5 Å². The van der Waals surface area contributed by atoms with E-state index in [1.165, 1.54) is 0 Å². The maximum atomic E-state index is 12.7. The molecular weight excluding hydrogens is 287 g/mol. The van der Waals surface area contributed by atoms with Crippen LogP contribution in [0.1, 0.15) is 61.8 Å². The maximum absolute atomic E-state index is 12.7. The molecule has 0 saturated heterocycles. The average molecular weight is 320 g/mol. The SMILES string of the molecule is CCOP(=O)(C[C@@H](CC(=O)C(C)(C)C)C(C)(C)C)OCC. The van der Waals surface area contributed by atoms with Crippen LogP contribution in [0.4, 0.5) is 0 Å². The van der Waals surface area contributed by atoms with Crippen LogP contribution in [-0.2, 0) is 18.4 Å². The molecule has 0 N–H and O–H groups in total. The van der Waals surface area contributed by atoms with E-state index in [0.717, 1.165) is 0 Å². The van der Waals surface area contributed by atoms with Crippen molar-refractivity contribution in [2.24, 2.45) is 16.7 Å². The monoisotopic (exact) mass is 320 g/mol. The molecule has 0 aliphatic carbocycles. The molecule has 0 fully saturated rings. The predicted molar refractivity (Wildman–Crippen MR) is 87.7 cm³/mol. The van der Waals surface area contributed by atoms with Crippen molar-refractivity contribution in [3.05, 3.63) is 0 Å². The molecule has 0 aliphatic rings. The van der Waals surface area contributed by atoms with Gasteiger partial charge < -0.3 is 9.05 Å². The van der Waals surface area contributed by atoms with E-state index in [0.29, 0.717) is 25.8 Å². The molecular formula is C16H33O4P. The topological polar surface area (TPSA) is 52.6 Å². The highest BCUT2D eigenvalue weighted by Crippen LogP contribution is 2.53. The minimum atomic E-state index is -3.13. The maximum Gasteiger partial charge on any atom is 0.330 e. The summed E-state index contributed by atoms with van der Waals surface area (Å²) in [7, 11) is -3.13. The highest BCUT2D eigenvalue weighted by atomic mass is 31.2. The summed E-state index contributed by atoms with van der Waals surface area (Å²) in [5.41, 5.74) is -0.518. The zero-order chi connectivity index (χ0) is 16.9. The molecule has 0 aromatic rings. The van der Waals surface area contributed by atoms with E-state index in [4.69, 9.17) is 9.05 Å². The van der Waals surface area contributed by atoms with E-state index >= 15 is 0 Å². The molecule has 21 heavy (non-hydrogen) atoms. The summed E-state index contributed by atoms with van der Waals surface area (Å²) in [6.45, 7) is 16.2. The summed E-state index contributed by atoms with van der Waals surface area (Å²) in [4.78, 5) is 12.4. The summed E-state index contributed by atoms with van der Waals surface area (Å²) in [6.07, 6.45) is 0.692. The quantitative estimate of drug-likeness (QED) is 0.596. The van der Waals surface area contributed by atoms with E-state index in [9.17, 15) is 9.36 Å². The van der Waals surface area contributed by atoms with Crippen molar-refractivity contribution in [1.82, 2.24) is 0 Å². The minimum absolute atomic E-state index is 0.0341. The van der Waals surface area contributed by atoms with E-state index in [-0.39, 0.29) is 22.5 Å². The van der Waals surface area contributed by atoms with Crippen LogP contribution in [0.15, 0.2) is 0 Å². The van der Waals surface area contributed by atoms with Gasteiger partial charge in [0.15, 0.2) is 0 Å². The first-order valence-electron chi connectivity index (χ1n) is 7.77. The van der Waals surface area contributed by atoms with Gasteiger partial charge in [-0.15, -0.1) is 0 Å². The van der Waals surface area contributed by atoms with Crippen molar-refractivity contribution >= 4 is 13.4 Å². The lowest BCUT2D eigenvalue weighted by atomic mass is 9.75. The van der Waals surface area contributed by atoms with E-state index in [1.807, 2.05) is 20.8 Å². The number of hydrogen-bond donors (Lipinski definition) is 0. The zero-order valence-corrected chi connectivity index (χ0v) is 15.9. The Morgan fingerprint density at radius 1 is 1.00 bits per heavy atom. The Kier molecular flexibility index (Phi) is 7.83. The molecule has 0 aromatic heterocycles.